The smallest absolute Gasteiger partial charge is 0.166 e. The van der Waals surface area contributed by atoms with Crippen LogP contribution in [0.2, 0.25) is 0 Å². The van der Waals surface area contributed by atoms with Gasteiger partial charge in [-0.2, -0.15) is 0 Å². The molecule has 1 atom stereocenters. The van der Waals surface area contributed by atoms with Gasteiger partial charge in [-0.3, -0.25) is 0 Å². The molecule has 0 saturated heterocycles. The molecule has 0 spiro atoms. The highest BCUT2D eigenvalue weighted by Crippen LogP contribution is 2.23. The van der Waals surface area contributed by atoms with Crippen molar-refractivity contribution in [3.8, 4) is 0 Å². The van der Waals surface area contributed by atoms with Crippen LogP contribution in [0.5, 0.6) is 0 Å². The van der Waals surface area contributed by atoms with Crippen molar-refractivity contribution in [3.05, 3.63) is 48.0 Å². The Morgan fingerprint density at radius 2 is 1.89 bits per heavy atom. The lowest BCUT2D eigenvalue weighted by Gasteiger charge is -2.19. The topological polar surface area (TPSA) is 24.1 Å². The van der Waals surface area contributed by atoms with E-state index in [0.29, 0.717) is 0 Å². The molecular weight excluding hydrogens is 252 g/mol. The van der Waals surface area contributed by atoms with Crippen molar-refractivity contribution in [1.29, 1.82) is 0 Å². The van der Waals surface area contributed by atoms with Crippen LogP contribution < -0.4 is 10.6 Å². The fourth-order valence-electron chi connectivity index (χ4n) is 2.19. The first-order chi connectivity index (χ1) is 9.22. The lowest BCUT2D eigenvalue weighted by Crippen LogP contribution is -2.37. The van der Waals surface area contributed by atoms with E-state index in [2.05, 4.69) is 66.9 Å². The molecule has 0 saturated carbocycles. The van der Waals surface area contributed by atoms with Gasteiger partial charge in [0.25, 0.3) is 0 Å². The van der Waals surface area contributed by atoms with Gasteiger partial charge in [-0.15, -0.1) is 0 Å². The van der Waals surface area contributed by atoms with Crippen molar-refractivity contribution in [2.24, 2.45) is 0 Å². The SMILES string of the molecule is CCCNC(=S)N[C@@H](C)c1cccc2ccccc12. The van der Waals surface area contributed by atoms with Gasteiger partial charge in [0, 0.05) is 6.54 Å². The fraction of sp³-hybridized carbons (Fsp3) is 0.312. The number of fused-ring (bicyclic) bond motifs is 1. The summed E-state index contributed by atoms with van der Waals surface area (Å²) in [7, 11) is 0. The molecule has 0 amide bonds. The quantitative estimate of drug-likeness (QED) is 0.828. The van der Waals surface area contributed by atoms with Crippen LogP contribution in [0, 0.1) is 0 Å². The van der Waals surface area contributed by atoms with Gasteiger partial charge in [0.05, 0.1) is 6.04 Å². The Labute approximate surface area is 120 Å². The van der Waals surface area contributed by atoms with Gasteiger partial charge in [-0.05, 0) is 41.9 Å². The van der Waals surface area contributed by atoms with E-state index in [4.69, 9.17) is 12.2 Å². The third kappa shape index (κ3) is 3.44. The summed E-state index contributed by atoms with van der Waals surface area (Å²) in [5.41, 5.74) is 1.28. The monoisotopic (exact) mass is 272 g/mol. The summed E-state index contributed by atoms with van der Waals surface area (Å²) >= 11 is 5.30. The first-order valence-electron chi connectivity index (χ1n) is 6.74. The second kappa shape index (κ2) is 6.53. The van der Waals surface area contributed by atoms with Crippen molar-refractivity contribution in [3.63, 3.8) is 0 Å². The molecule has 0 bridgehead atoms. The molecule has 19 heavy (non-hydrogen) atoms. The van der Waals surface area contributed by atoms with E-state index in [1.807, 2.05) is 0 Å². The first kappa shape index (κ1) is 13.8. The largest absolute Gasteiger partial charge is 0.363 e. The van der Waals surface area contributed by atoms with Gasteiger partial charge in [0.1, 0.15) is 0 Å². The van der Waals surface area contributed by atoms with Crippen molar-refractivity contribution in [2.45, 2.75) is 26.3 Å². The van der Waals surface area contributed by atoms with Gasteiger partial charge in [-0.25, -0.2) is 0 Å². The van der Waals surface area contributed by atoms with Crippen LogP contribution >= 0.6 is 12.2 Å². The van der Waals surface area contributed by atoms with Crippen molar-refractivity contribution in [2.75, 3.05) is 6.54 Å². The standard InChI is InChI=1S/C16H20N2S/c1-3-11-17-16(19)18-12(2)14-10-6-8-13-7-4-5-9-15(13)14/h4-10,12H,3,11H2,1-2H3,(H2,17,18,19)/t12-/m0/s1. The molecule has 0 aliphatic carbocycles. The van der Waals surface area contributed by atoms with E-state index >= 15 is 0 Å². The second-order valence-corrected chi connectivity index (χ2v) is 5.10. The third-order valence-electron chi connectivity index (χ3n) is 3.17. The van der Waals surface area contributed by atoms with Crippen LogP contribution in [0.3, 0.4) is 0 Å². The summed E-state index contributed by atoms with van der Waals surface area (Å²) < 4.78 is 0. The Bertz CT molecular complexity index is 560. The van der Waals surface area contributed by atoms with Gasteiger partial charge in [-0.1, -0.05) is 49.4 Å². The van der Waals surface area contributed by atoms with E-state index in [1.165, 1.54) is 16.3 Å². The molecule has 2 rings (SSSR count). The highest BCUT2D eigenvalue weighted by atomic mass is 32.1. The molecule has 2 N–H and O–H groups in total. The molecule has 0 aromatic heterocycles. The van der Waals surface area contributed by atoms with Gasteiger partial charge < -0.3 is 10.6 Å². The summed E-state index contributed by atoms with van der Waals surface area (Å²) in [6.07, 6.45) is 1.07. The van der Waals surface area contributed by atoms with Crippen LogP contribution in [0.25, 0.3) is 10.8 Å². The average Bonchev–Trinajstić information content (AvgIpc) is 2.44. The summed E-state index contributed by atoms with van der Waals surface area (Å²) in [5, 5.41) is 9.81. The molecule has 0 aliphatic heterocycles. The zero-order chi connectivity index (χ0) is 13.7. The van der Waals surface area contributed by atoms with Crippen LogP contribution in [0.15, 0.2) is 42.5 Å². The zero-order valence-corrected chi connectivity index (χ0v) is 12.3. The maximum atomic E-state index is 5.30. The molecule has 2 aromatic carbocycles. The van der Waals surface area contributed by atoms with E-state index in [0.717, 1.165) is 18.1 Å². The summed E-state index contributed by atoms with van der Waals surface area (Å²) in [6, 6.07) is 15.0. The van der Waals surface area contributed by atoms with E-state index in [9.17, 15) is 0 Å². The zero-order valence-electron chi connectivity index (χ0n) is 11.4. The van der Waals surface area contributed by atoms with Crippen LogP contribution in [0.1, 0.15) is 31.9 Å². The van der Waals surface area contributed by atoms with Gasteiger partial charge in [0.15, 0.2) is 5.11 Å². The van der Waals surface area contributed by atoms with Crippen molar-refractivity contribution >= 4 is 28.1 Å². The minimum absolute atomic E-state index is 0.197. The molecule has 3 heteroatoms. The van der Waals surface area contributed by atoms with E-state index < -0.39 is 0 Å². The van der Waals surface area contributed by atoms with Crippen LogP contribution in [-0.2, 0) is 0 Å². The summed E-state index contributed by atoms with van der Waals surface area (Å²) in [4.78, 5) is 0. The first-order valence-corrected chi connectivity index (χ1v) is 7.15. The van der Waals surface area contributed by atoms with Crippen LogP contribution in [0.4, 0.5) is 0 Å². The summed E-state index contributed by atoms with van der Waals surface area (Å²) in [5.74, 6) is 0. The fourth-order valence-corrected chi connectivity index (χ4v) is 2.47. The molecule has 2 aromatic rings. The lowest BCUT2D eigenvalue weighted by molar-refractivity contribution is 0.699. The minimum atomic E-state index is 0.197. The number of benzene rings is 2. The molecule has 0 unspecified atom stereocenters. The Morgan fingerprint density at radius 1 is 1.16 bits per heavy atom. The van der Waals surface area contributed by atoms with Crippen molar-refractivity contribution < 1.29 is 0 Å². The molecule has 0 aliphatic rings. The molecule has 100 valence electrons. The Balaban J connectivity index is 2.17. The Morgan fingerprint density at radius 3 is 2.68 bits per heavy atom. The number of hydrogen-bond acceptors (Lipinski definition) is 1. The maximum absolute atomic E-state index is 5.30. The predicted molar refractivity (Wildman–Crippen MR) is 86.4 cm³/mol. The molecule has 0 fully saturated rings. The Kier molecular flexibility index (Phi) is 4.74. The maximum Gasteiger partial charge on any atom is 0.166 e. The number of hydrogen-bond donors (Lipinski definition) is 2. The van der Waals surface area contributed by atoms with Gasteiger partial charge in [0.2, 0.25) is 0 Å². The lowest BCUT2D eigenvalue weighted by atomic mass is 10.00. The molecule has 2 nitrogen and oxygen atoms in total. The highest BCUT2D eigenvalue weighted by molar-refractivity contribution is 7.80. The van der Waals surface area contributed by atoms with E-state index in [1.54, 1.807) is 0 Å². The minimum Gasteiger partial charge on any atom is -0.363 e. The van der Waals surface area contributed by atoms with Crippen LogP contribution in [-0.4, -0.2) is 11.7 Å². The predicted octanol–water partition coefficient (Wildman–Crippen LogP) is 3.77. The third-order valence-corrected chi connectivity index (χ3v) is 3.44. The molecule has 0 heterocycles. The summed E-state index contributed by atoms with van der Waals surface area (Å²) in [6.45, 7) is 5.18. The van der Waals surface area contributed by atoms with Gasteiger partial charge >= 0.3 is 0 Å². The number of rotatable bonds is 4. The molecule has 0 radical (unpaired) electrons. The normalized spacial score (nSPS) is 12.1. The second-order valence-electron chi connectivity index (χ2n) is 4.69. The molecular formula is C16H20N2S. The number of thiocarbonyl (C=S) groups is 1. The van der Waals surface area contributed by atoms with Crippen molar-refractivity contribution in [1.82, 2.24) is 10.6 Å². The number of nitrogens with one attached hydrogen (secondary N) is 2. The van der Waals surface area contributed by atoms with E-state index in [-0.39, 0.29) is 6.04 Å². The average molecular weight is 272 g/mol. The highest BCUT2D eigenvalue weighted by Gasteiger charge is 2.09. The Hall–Kier alpha value is -1.61.